The van der Waals surface area contributed by atoms with Crippen LogP contribution in [0.25, 0.3) is 21.3 Å². The number of hydrogen-bond acceptors (Lipinski definition) is 7. The Morgan fingerprint density at radius 2 is 2.03 bits per heavy atom. The maximum absolute atomic E-state index is 6.06. The molecular formula is C25H30N4O2S. The van der Waals surface area contributed by atoms with Crippen LogP contribution in [0.2, 0.25) is 0 Å². The fraction of sp³-hybridized carbons (Fsp3) is 0.520. The standard InChI is InChI=1S/C25H30N4O2S/c1-2-4-19(5-3-1)23-17-32-24-22(23)13-26-25(27-24)28-8-6-18(7-9-28)15-30-11-10-29-14-21-12-20(29)16-31-21/h1-5,13,17-18,20-21H,6-12,14-16H2. The number of anilines is 1. The van der Waals surface area contributed by atoms with E-state index in [1.165, 1.54) is 17.5 Å². The minimum absolute atomic E-state index is 0.477. The van der Waals surface area contributed by atoms with Gasteiger partial charge in [0.2, 0.25) is 5.95 Å². The summed E-state index contributed by atoms with van der Waals surface area (Å²) in [6.07, 6.45) is 5.98. The first-order valence-electron chi connectivity index (χ1n) is 11.8. The molecule has 7 heteroatoms. The average Bonchev–Trinajstić information content (AvgIpc) is 3.58. The molecule has 3 aliphatic heterocycles. The number of benzene rings is 1. The highest BCUT2D eigenvalue weighted by Gasteiger charge is 2.38. The van der Waals surface area contributed by atoms with Crippen molar-refractivity contribution in [3.8, 4) is 11.1 Å². The molecule has 6 nitrogen and oxygen atoms in total. The summed E-state index contributed by atoms with van der Waals surface area (Å²) in [5.74, 6) is 1.50. The SMILES string of the molecule is c1ccc(-c2csc3nc(N4CCC(COCCN5CC6CC5CO6)CC4)ncc23)cc1. The summed E-state index contributed by atoms with van der Waals surface area (Å²) in [7, 11) is 0. The Kier molecular flexibility index (Phi) is 5.81. The molecule has 6 rings (SSSR count). The number of fused-ring (bicyclic) bond motifs is 3. The van der Waals surface area contributed by atoms with Crippen molar-refractivity contribution >= 4 is 27.5 Å². The topological polar surface area (TPSA) is 50.7 Å². The summed E-state index contributed by atoms with van der Waals surface area (Å²) in [4.78, 5) is 15.6. The number of thiophene rings is 1. The third-order valence-corrected chi connectivity index (χ3v) is 8.08. The fourth-order valence-electron chi connectivity index (χ4n) is 5.29. The van der Waals surface area contributed by atoms with E-state index >= 15 is 0 Å². The van der Waals surface area contributed by atoms with Crippen molar-refractivity contribution in [2.24, 2.45) is 5.92 Å². The highest BCUT2D eigenvalue weighted by molar-refractivity contribution is 7.17. The molecule has 0 aliphatic carbocycles. The van der Waals surface area contributed by atoms with Gasteiger partial charge in [0.1, 0.15) is 4.83 Å². The molecule has 3 saturated heterocycles. The molecule has 3 aromatic rings. The van der Waals surface area contributed by atoms with Crippen LogP contribution in [0, 0.1) is 5.92 Å². The average molecular weight is 451 g/mol. The highest BCUT2D eigenvalue weighted by Crippen LogP contribution is 2.34. The molecule has 0 radical (unpaired) electrons. The van der Waals surface area contributed by atoms with Gasteiger partial charge in [-0.25, -0.2) is 9.97 Å². The maximum Gasteiger partial charge on any atom is 0.226 e. The lowest BCUT2D eigenvalue weighted by atomic mass is 9.98. The predicted octanol–water partition coefficient (Wildman–Crippen LogP) is 4.06. The molecule has 5 heterocycles. The third-order valence-electron chi connectivity index (χ3n) is 7.19. The van der Waals surface area contributed by atoms with Crippen molar-refractivity contribution in [3.05, 3.63) is 41.9 Å². The molecule has 2 unspecified atom stereocenters. The van der Waals surface area contributed by atoms with Gasteiger partial charge in [-0.2, -0.15) is 0 Å². The molecule has 1 aromatic carbocycles. The minimum Gasteiger partial charge on any atom is -0.380 e. The van der Waals surface area contributed by atoms with Crippen LogP contribution in [0.1, 0.15) is 19.3 Å². The summed E-state index contributed by atoms with van der Waals surface area (Å²) in [5, 5.41) is 3.34. The molecule has 2 atom stereocenters. The van der Waals surface area contributed by atoms with Crippen LogP contribution in [0.4, 0.5) is 5.95 Å². The Balaban J connectivity index is 0.996. The van der Waals surface area contributed by atoms with Crippen LogP contribution in [0.3, 0.4) is 0 Å². The number of morpholine rings is 1. The molecule has 0 saturated carbocycles. The normalized spacial score (nSPS) is 24.1. The quantitative estimate of drug-likeness (QED) is 0.506. The first-order chi connectivity index (χ1) is 15.8. The van der Waals surface area contributed by atoms with Crippen LogP contribution in [-0.2, 0) is 9.47 Å². The van der Waals surface area contributed by atoms with E-state index < -0.39 is 0 Å². The zero-order chi connectivity index (χ0) is 21.3. The second-order valence-electron chi connectivity index (χ2n) is 9.25. The second-order valence-corrected chi connectivity index (χ2v) is 10.1. The van der Waals surface area contributed by atoms with E-state index in [1.54, 1.807) is 11.3 Å². The lowest BCUT2D eigenvalue weighted by Gasteiger charge is -2.32. The number of ether oxygens (including phenoxy) is 2. The van der Waals surface area contributed by atoms with Gasteiger partial charge < -0.3 is 14.4 Å². The van der Waals surface area contributed by atoms with E-state index in [2.05, 4.69) is 39.4 Å². The van der Waals surface area contributed by atoms with E-state index in [4.69, 9.17) is 19.4 Å². The molecule has 0 N–H and O–H groups in total. The van der Waals surface area contributed by atoms with Crippen LogP contribution >= 0.6 is 11.3 Å². The lowest BCUT2D eigenvalue weighted by Crippen LogP contribution is -2.39. The predicted molar refractivity (Wildman–Crippen MR) is 128 cm³/mol. The van der Waals surface area contributed by atoms with Gasteiger partial charge in [0.15, 0.2) is 0 Å². The van der Waals surface area contributed by atoms with Gasteiger partial charge in [0.05, 0.1) is 19.3 Å². The van der Waals surface area contributed by atoms with Crippen molar-refractivity contribution in [1.82, 2.24) is 14.9 Å². The number of rotatable bonds is 7. The van der Waals surface area contributed by atoms with E-state index in [9.17, 15) is 0 Å². The van der Waals surface area contributed by atoms with Crippen molar-refractivity contribution in [3.63, 3.8) is 0 Å². The van der Waals surface area contributed by atoms with E-state index in [0.717, 1.165) is 75.0 Å². The van der Waals surface area contributed by atoms with E-state index in [1.807, 2.05) is 12.3 Å². The van der Waals surface area contributed by atoms with E-state index in [0.29, 0.717) is 18.1 Å². The second kappa shape index (κ2) is 9.06. The molecule has 3 fully saturated rings. The summed E-state index contributed by atoms with van der Waals surface area (Å²) >= 11 is 1.71. The van der Waals surface area contributed by atoms with Crippen LogP contribution in [0.15, 0.2) is 41.9 Å². The number of piperidine rings is 1. The van der Waals surface area contributed by atoms with Gasteiger partial charge >= 0.3 is 0 Å². The van der Waals surface area contributed by atoms with E-state index in [-0.39, 0.29) is 0 Å². The fourth-order valence-corrected chi connectivity index (χ4v) is 6.20. The van der Waals surface area contributed by atoms with Crippen molar-refractivity contribution in [1.29, 1.82) is 0 Å². The Hall–Kier alpha value is -2.06. The highest BCUT2D eigenvalue weighted by atomic mass is 32.1. The third kappa shape index (κ3) is 4.15. The number of nitrogens with zero attached hydrogens (tertiary/aromatic N) is 4. The lowest BCUT2D eigenvalue weighted by molar-refractivity contribution is 0.0104. The van der Waals surface area contributed by atoms with Crippen molar-refractivity contribution < 1.29 is 9.47 Å². The number of likely N-dealkylation sites (tertiary alicyclic amines) is 1. The zero-order valence-electron chi connectivity index (χ0n) is 18.4. The molecule has 3 aliphatic rings. The molecule has 32 heavy (non-hydrogen) atoms. The summed E-state index contributed by atoms with van der Waals surface area (Å²) in [5.41, 5.74) is 2.45. The van der Waals surface area contributed by atoms with Crippen LogP contribution in [-0.4, -0.2) is 73.0 Å². The van der Waals surface area contributed by atoms with Gasteiger partial charge in [-0.05, 0) is 30.7 Å². The molecule has 0 amide bonds. The summed E-state index contributed by atoms with van der Waals surface area (Å²) < 4.78 is 11.7. The maximum atomic E-state index is 6.06. The monoisotopic (exact) mass is 450 g/mol. The Labute approximate surface area is 193 Å². The van der Waals surface area contributed by atoms with Crippen LogP contribution < -0.4 is 4.90 Å². The summed E-state index contributed by atoms with van der Waals surface area (Å²) in [6.45, 7) is 6.77. The van der Waals surface area contributed by atoms with Gasteiger partial charge in [-0.3, -0.25) is 4.90 Å². The summed E-state index contributed by atoms with van der Waals surface area (Å²) in [6, 6.07) is 11.1. The first kappa shape index (κ1) is 20.5. The largest absolute Gasteiger partial charge is 0.380 e. The Morgan fingerprint density at radius 3 is 2.81 bits per heavy atom. The van der Waals surface area contributed by atoms with Gasteiger partial charge in [-0.15, -0.1) is 11.3 Å². The van der Waals surface area contributed by atoms with Crippen molar-refractivity contribution in [2.75, 3.05) is 50.9 Å². The number of hydrogen-bond donors (Lipinski definition) is 0. The number of aromatic nitrogens is 2. The van der Waals surface area contributed by atoms with Gasteiger partial charge in [0.25, 0.3) is 0 Å². The van der Waals surface area contributed by atoms with Gasteiger partial charge in [-0.1, -0.05) is 30.3 Å². The Morgan fingerprint density at radius 1 is 1.16 bits per heavy atom. The minimum atomic E-state index is 0.477. The van der Waals surface area contributed by atoms with Crippen LogP contribution in [0.5, 0.6) is 0 Å². The Bertz CT molecular complexity index is 1050. The zero-order valence-corrected chi connectivity index (χ0v) is 19.2. The molecule has 0 spiro atoms. The molecule has 2 bridgehead atoms. The first-order valence-corrected chi connectivity index (χ1v) is 12.7. The van der Waals surface area contributed by atoms with Gasteiger partial charge in [0, 0.05) is 61.4 Å². The molecule has 2 aromatic heterocycles. The molecular weight excluding hydrogens is 420 g/mol. The molecule has 168 valence electrons. The van der Waals surface area contributed by atoms with Crippen molar-refractivity contribution in [2.45, 2.75) is 31.4 Å². The smallest absolute Gasteiger partial charge is 0.226 e.